The van der Waals surface area contributed by atoms with Crippen LogP contribution in [0, 0.1) is 13.8 Å². The van der Waals surface area contributed by atoms with Gasteiger partial charge in [-0.3, -0.25) is 9.69 Å². The Balaban J connectivity index is 2.21. The normalized spacial score (nSPS) is 18.5. The van der Waals surface area contributed by atoms with Crippen LogP contribution in [0.2, 0.25) is 0 Å². The van der Waals surface area contributed by atoms with Crippen LogP contribution in [0.5, 0.6) is 11.5 Å². The Morgan fingerprint density at radius 2 is 1.86 bits per heavy atom. The molecule has 2 aromatic rings. The number of carbonyl (C=O) groups is 1. The molecule has 5 nitrogen and oxygen atoms in total. The van der Waals surface area contributed by atoms with Crippen molar-refractivity contribution in [3.8, 4) is 11.5 Å². The standard InChI is InChI=1S/C23H29NO4/c1-15-8-10-18(16(2)13-15)22(24-12-6-5-7-20(24)23(25)26)19-14-17(27-3)9-11-21(19)28-4/h8-11,13-14,20,22H,5-7,12H2,1-4H3,(H,25,26). The molecule has 150 valence electrons. The van der Waals surface area contributed by atoms with Gasteiger partial charge in [0.05, 0.1) is 20.3 Å². The number of rotatable bonds is 6. The van der Waals surface area contributed by atoms with Crippen LogP contribution in [-0.4, -0.2) is 42.8 Å². The summed E-state index contributed by atoms with van der Waals surface area (Å²) in [7, 11) is 3.29. The number of piperidine rings is 1. The minimum atomic E-state index is -0.767. The first kappa shape index (κ1) is 20.2. The lowest BCUT2D eigenvalue weighted by Gasteiger charge is -2.40. The molecule has 1 aliphatic heterocycles. The summed E-state index contributed by atoms with van der Waals surface area (Å²) in [6, 6.07) is 11.3. The highest BCUT2D eigenvalue weighted by Gasteiger charge is 2.37. The predicted molar refractivity (Wildman–Crippen MR) is 109 cm³/mol. The lowest BCUT2D eigenvalue weighted by Crippen LogP contribution is -2.47. The van der Waals surface area contributed by atoms with Crippen molar-refractivity contribution in [2.75, 3.05) is 20.8 Å². The van der Waals surface area contributed by atoms with E-state index >= 15 is 0 Å². The smallest absolute Gasteiger partial charge is 0.320 e. The number of carboxylic acid groups (broad SMARTS) is 1. The van der Waals surface area contributed by atoms with Crippen molar-refractivity contribution < 1.29 is 19.4 Å². The van der Waals surface area contributed by atoms with E-state index < -0.39 is 12.0 Å². The van der Waals surface area contributed by atoms with Gasteiger partial charge < -0.3 is 14.6 Å². The zero-order valence-electron chi connectivity index (χ0n) is 17.1. The molecule has 2 aromatic carbocycles. The molecule has 3 rings (SSSR count). The van der Waals surface area contributed by atoms with E-state index in [1.165, 1.54) is 5.56 Å². The molecule has 0 aromatic heterocycles. The molecule has 1 saturated heterocycles. The van der Waals surface area contributed by atoms with Gasteiger partial charge in [-0.25, -0.2) is 0 Å². The summed E-state index contributed by atoms with van der Waals surface area (Å²) in [5.74, 6) is 0.700. The van der Waals surface area contributed by atoms with Crippen LogP contribution in [0.15, 0.2) is 36.4 Å². The number of likely N-dealkylation sites (tertiary alicyclic amines) is 1. The van der Waals surface area contributed by atoms with Crippen LogP contribution < -0.4 is 9.47 Å². The molecule has 0 bridgehead atoms. The Kier molecular flexibility index (Phi) is 6.25. The van der Waals surface area contributed by atoms with E-state index in [1.807, 2.05) is 18.2 Å². The Morgan fingerprint density at radius 1 is 1.07 bits per heavy atom. The number of hydrogen-bond acceptors (Lipinski definition) is 4. The first-order valence-electron chi connectivity index (χ1n) is 9.74. The molecule has 28 heavy (non-hydrogen) atoms. The molecule has 0 radical (unpaired) electrons. The second kappa shape index (κ2) is 8.65. The molecular formula is C23H29NO4. The molecule has 0 amide bonds. The van der Waals surface area contributed by atoms with Crippen LogP contribution in [0.4, 0.5) is 0 Å². The Hall–Kier alpha value is -2.53. The van der Waals surface area contributed by atoms with Gasteiger partial charge in [0, 0.05) is 5.56 Å². The lowest BCUT2D eigenvalue weighted by atomic mass is 9.88. The van der Waals surface area contributed by atoms with Gasteiger partial charge in [-0.05, 0) is 62.6 Å². The monoisotopic (exact) mass is 383 g/mol. The Morgan fingerprint density at radius 3 is 2.50 bits per heavy atom. The van der Waals surface area contributed by atoms with E-state index in [2.05, 4.69) is 36.9 Å². The fourth-order valence-corrected chi connectivity index (χ4v) is 4.24. The van der Waals surface area contributed by atoms with Gasteiger partial charge in [0.25, 0.3) is 0 Å². The fourth-order valence-electron chi connectivity index (χ4n) is 4.24. The molecule has 0 aliphatic carbocycles. The fraction of sp³-hybridized carbons (Fsp3) is 0.435. The maximum Gasteiger partial charge on any atom is 0.320 e. The quantitative estimate of drug-likeness (QED) is 0.804. The van der Waals surface area contributed by atoms with Gasteiger partial charge in [0.2, 0.25) is 0 Å². The number of aryl methyl sites for hydroxylation is 2. The molecule has 0 saturated carbocycles. The molecule has 0 spiro atoms. The zero-order chi connectivity index (χ0) is 20.3. The molecule has 1 aliphatic rings. The van der Waals surface area contributed by atoms with E-state index in [0.717, 1.165) is 47.6 Å². The average Bonchev–Trinajstić information content (AvgIpc) is 2.70. The summed E-state index contributed by atoms with van der Waals surface area (Å²) in [5.41, 5.74) is 4.36. The van der Waals surface area contributed by atoms with E-state index in [-0.39, 0.29) is 6.04 Å². The molecule has 1 N–H and O–H groups in total. The average molecular weight is 383 g/mol. The van der Waals surface area contributed by atoms with Crippen molar-refractivity contribution in [2.24, 2.45) is 0 Å². The summed E-state index contributed by atoms with van der Waals surface area (Å²) in [5, 5.41) is 9.89. The first-order valence-corrected chi connectivity index (χ1v) is 9.74. The SMILES string of the molecule is COc1ccc(OC)c(C(c2ccc(C)cc2C)N2CCCCC2C(=O)O)c1. The summed E-state index contributed by atoms with van der Waals surface area (Å²) in [6.07, 6.45) is 2.57. The van der Waals surface area contributed by atoms with Crippen molar-refractivity contribution in [1.82, 2.24) is 4.90 Å². The van der Waals surface area contributed by atoms with Gasteiger partial charge in [-0.15, -0.1) is 0 Å². The largest absolute Gasteiger partial charge is 0.497 e. The molecular weight excluding hydrogens is 354 g/mol. The number of aliphatic carboxylic acids is 1. The van der Waals surface area contributed by atoms with E-state index in [1.54, 1.807) is 14.2 Å². The molecule has 1 heterocycles. The minimum Gasteiger partial charge on any atom is -0.497 e. The van der Waals surface area contributed by atoms with Crippen molar-refractivity contribution in [3.05, 3.63) is 58.7 Å². The molecule has 2 unspecified atom stereocenters. The molecule has 1 fully saturated rings. The third-order valence-corrected chi connectivity index (χ3v) is 5.61. The molecule has 5 heteroatoms. The predicted octanol–water partition coefficient (Wildman–Crippen LogP) is 4.35. The maximum absolute atomic E-state index is 12.1. The van der Waals surface area contributed by atoms with Crippen LogP contribution >= 0.6 is 0 Å². The first-order chi connectivity index (χ1) is 13.5. The number of hydrogen-bond donors (Lipinski definition) is 1. The van der Waals surface area contributed by atoms with Gasteiger partial charge >= 0.3 is 5.97 Å². The highest BCUT2D eigenvalue weighted by Crippen LogP contribution is 2.41. The number of methoxy groups -OCH3 is 2. The number of ether oxygens (including phenoxy) is 2. The van der Waals surface area contributed by atoms with Gasteiger partial charge in [0.15, 0.2) is 0 Å². The van der Waals surface area contributed by atoms with Gasteiger partial charge in [-0.2, -0.15) is 0 Å². The van der Waals surface area contributed by atoms with Crippen LogP contribution in [0.25, 0.3) is 0 Å². The Labute approximate surface area is 166 Å². The van der Waals surface area contributed by atoms with Crippen LogP contribution in [0.3, 0.4) is 0 Å². The highest BCUT2D eigenvalue weighted by atomic mass is 16.5. The van der Waals surface area contributed by atoms with Gasteiger partial charge in [-0.1, -0.05) is 30.2 Å². The van der Waals surface area contributed by atoms with Crippen molar-refractivity contribution in [3.63, 3.8) is 0 Å². The summed E-state index contributed by atoms with van der Waals surface area (Å²) in [4.78, 5) is 14.2. The number of nitrogens with zero attached hydrogens (tertiary/aromatic N) is 1. The second-order valence-electron chi connectivity index (χ2n) is 7.46. The summed E-state index contributed by atoms with van der Waals surface area (Å²) >= 11 is 0. The van der Waals surface area contributed by atoms with E-state index in [9.17, 15) is 9.90 Å². The van der Waals surface area contributed by atoms with Crippen molar-refractivity contribution in [2.45, 2.75) is 45.2 Å². The summed E-state index contributed by atoms with van der Waals surface area (Å²) < 4.78 is 11.1. The lowest BCUT2D eigenvalue weighted by molar-refractivity contribution is -0.145. The van der Waals surface area contributed by atoms with Gasteiger partial charge in [0.1, 0.15) is 17.5 Å². The maximum atomic E-state index is 12.1. The Bertz CT molecular complexity index is 848. The van der Waals surface area contributed by atoms with Crippen LogP contribution in [0.1, 0.15) is 47.6 Å². The van der Waals surface area contributed by atoms with Crippen molar-refractivity contribution >= 4 is 5.97 Å². The third-order valence-electron chi connectivity index (χ3n) is 5.61. The number of benzene rings is 2. The molecule has 2 atom stereocenters. The van der Waals surface area contributed by atoms with E-state index in [0.29, 0.717) is 6.42 Å². The third kappa shape index (κ3) is 3.99. The second-order valence-corrected chi connectivity index (χ2v) is 7.46. The van der Waals surface area contributed by atoms with E-state index in [4.69, 9.17) is 9.47 Å². The highest BCUT2D eigenvalue weighted by molar-refractivity contribution is 5.74. The number of carboxylic acids is 1. The topological polar surface area (TPSA) is 59.0 Å². The van der Waals surface area contributed by atoms with Crippen molar-refractivity contribution in [1.29, 1.82) is 0 Å². The van der Waals surface area contributed by atoms with Crippen LogP contribution in [-0.2, 0) is 4.79 Å². The summed E-state index contributed by atoms with van der Waals surface area (Å²) in [6.45, 7) is 4.88. The minimum absolute atomic E-state index is 0.216. The zero-order valence-corrected chi connectivity index (χ0v) is 17.1.